The Balaban J connectivity index is 1.71. The number of carbonyl (C=O) groups is 2. The highest BCUT2D eigenvalue weighted by Gasteiger charge is 2.42. The molecule has 2 aromatic rings. The van der Waals surface area contributed by atoms with Gasteiger partial charge in [-0.3, -0.25) is 4.79 Å². The maximum atomic E-state index is 13.8. The van der Waals surface area contributed by atoms with Crippen molar-refractivity contribution in [2.75, 3.05) is 26.9 Å². The fourth-order valence-electron chi connectivity index (χ4n) is 4.16. The Morgan fingerprint density at radius 2 is 1.83 bits per heavy atom. The topological polar surface area (TPSA) is 65.1 Å². The van der Waals surface area contributed by atoms with Gasteiger partial charge in [0.2, 0.25) is 5.91 Å². The van der Waals surface area contributed by atoms with Gasteiger partial charge in [0.1, 0.15) is 12.4 Å². The summed E-state index contributed by atoms with van der Waals surface area (Å²) in [6.07, 6.45) is 1.41. The summed E-state index contributed by atoms with van der Waals surface area (Å²) in [6.45, 7) is 3.97. The standard InChI is InChI=1S/C24H27NO5/c1-24(10-12-29-13-11-24)23(27)25-15-19-9-8-18(22(26)28-2)14-21(19)30-16-20(25)17-6-4-3-5-7-17/h3-9,14,20H,10-13,15-16H2,1-2H3/t20-/m1/s1. The van der Waals surface area contributed by atoms with Gasteiger partial charge in [0, 0.05) is 18.8 Å². The second-order valence-electron chi connectivity index (χ2n) is 8.16. The van der Waals surface area contributed by atoms with Crippen molar-refractivity contribution >= 4 is 11.9 Å². The van der Waals surface area contributed by atoms with E-state index in [2.05, 4.69) is 0 Å². The molecule has 1 fully saturated rings. The van der Waals surface area contributed by atoms with Crippen LogP contribution in [0.1, 0.15) is 47.3 Å². The molecule has 0 aliphatic carbocycles. The highest BCUT2D eigenvalue weighted by molar-refractivity contribution is 5.90. The van der Waals surface area contributed by atoms with E-state index < -0.39 is 11.4 Å². The van der Waals surface area contributed by atoms with Crippen molar-refractivity contribution in [1.29, 1.82) is 0 Å². The van der Waals surface area contributed by atoms with E-state index in [0.717, 1.165) is 11.1 Å². The van der Waals surface area contributed by atoms with Crippen LogP contribution in [0.4, 0.5) is 0 Å². The molecule has 0 unspecified atom stereocenters. The molecule has 1 amide bonds. The number of benzene rings is 2. The number of methoxy groups -OCH3 is 1. The first kappa shape index (κ1) is 20.4. The summed E-state index contributed by atoms with van der Waals surface area (Å²) in [5.41, 5.74) is 1.89. The molecule has 2 aliphatic heterocycles. The first-order valence-corrected chi connectivity index (χ1v) is 10.3. The largest absolute Gasteiger partial charge is 0.491 e. The van der Waals surface area contributed by atoms with Crippen LogP contribution in [0.5, 0.6) is 5.75 Å². The monoisotopic (exact) mass is 409 g/mol. The third-order valence-electron chi connectivity index (χ3n) is 6.16. The van der Waals surface area contributed by atoms with Gasteiger partial charge in [-0.2, -0.15) is 0 Å². The molecule has 4 rings (SSSR count). The minimum absolute atomic E-state index is 0.119. The fourth-order valence-corrected chi connectivity index (χ4v) is 4.16. The lowest BCUT2D eigenvalue weighted by molar-refractivity contribution is -0.150. The number of hydrogen-bond donors (Lipinski definition) is 0. The van der Waals surface area contributed by atoms with Crippen LogP contribution in [0.2, 0.25) is 0 Å². The number of rotatable bonds is 3. The van der Waals surface area contributed by atoms with Gasteiger partial charge in [0.25, 0.3) is 0 Å². The quantitative estimate of drug-likeness (QED) is 0.723. The molecule has 6 heteroatoms. The van der Waals surface area contributed by atoms with Gasteiger partial charge in [0.15, 0.2) is 0 Å². The van der Waals surface area contributed by atoms with Crippen molar-refractivity contribution in [3.05, 3.63) is 65.2 Å². The zero-order valence-corrected chi connectivity index (χ0v) is 17.4. The summed E-state index contributed by atoms with van der Waals surface area (Å²) in [7, 11) is 1.36. The number of carbonyl (C=O) groups excluding carboxylic acids is 2. The maximum Gasteiger partial charge on any atom is 0.337 e. The minimum Gasteiger partial charge on any atom is -0.491 e. The first-order chi connectivity index (χ1) is 14.5. The number of hydrogen-bond acceptors (Lipinski definition) is 5. The van der Waals surface area contributed by atoms with Crippen molar-refractivity contribution in [2.24, 2.45) is 5.41 Å². The van der Waals surface area contributed by atoms with Crippen molar-refractivity contribution in [1.82, 2.24) is 4.90 Å². The third-order valence-corrected chi connectivity index (χ3v) is 6.16. The average molecular weight is 409 g/mol. The van der Waals surface area contributed by atoms with Crippen LogP contribution in [0.25, 0.3) is 0 Å². The summed E-state index contributed by atoms with van der Waals surface area (Å²) in [6, 6.07) is 15.0. The Labute approximate surface area is 176 Å². The van der Waals surface area contributed by atoms with E-state index in [-0.39, 0.29) is 11.9 Å². The van der Waals surface area contributed by atoms with Crippen LogP contribution in [0.15, 0.2) is 48.5 Å². The second-order valence-corrected chi connectivity index (χ2v) is 8.16. The van der Waals surface area contributed by atoms with Gasteiger partial charge >= 0.3 is 5.97 Å². The molecule has 6 nitrogen and oxygen atoms in total. The molecular formula is C24H27NO5. The Kier molecular flexibility index (Phi) is 5.77. The van der Waals surface area contributed by atoms with E-state index in [4.69, 9.17) is 14.2 Å². The lowest BCUT2D eigenvalue weighted by Crippen LogP contribution is -2.47. The SMILES string of the molecule is COC(=O)c1ccc2c(c1)OC[C@H](c1ccccc1)N(C(=O)C1(C)CCOCC1)C2. The van der Waals surface area contributed by atoms with Gasteiger partial charge in [-0.05, 0) is 30.5 Å². The maximum absolute atomic E-state index is 13.8. The second kappa shape index (κ2) is 8.48. The minimum atomic E-state index is -0.457. The molecule has 0 N–H and O–H groups in total. The molecule has 0 bridgehead atoms. The van der Waals surface area contributed by atoms with Crippen LogP contribution in [-0.4, -0.2) is 43.7 Å². The van der Waals surface area contributed by atoms with E-state index >= 15 is 0 Å². The van der Waals surface area contributed by atoms with Gasteiger partial charge in [-0.15, -0.1) is 0 Å². The van der Waals surface area contributed by atoms with E-state index in [1.807, 2.05) is 48.2 Å². The van der Waals surface area contributed by atoms with E-state index in [9.17, 15) is 9.59 Å². The Hall–Kier alpha value is -2.86. The Morgan fingerprint density at radius 3 is 2.53 bits per heavy atom. The summed E-state index contributed by atoms with van der Waals surface area (Å²) in [5.74, 6) is 0.326. The predicted molar refractivity (Wildman–Crippen MR) is 111 cm³/mol. The summed E-state index contributed by atoms with van der Waals surface area (Å²) in [4.78, 5) is 27.7. The lowest BCUT2D eigenvalue weighted by atomic mass is 9.80. The van der Waals surface area contributed by atoms with Crippen molar-refractivity contribution in [3.8, 4) is 5.75 Å². The lowest BCUT2D eigenvalue weighted by Gasteiger charge is -2.39. The highest BCUT2D eigenvalue weighted by Crippen LogP contribution is 2.39. The molecular weight excluding hydrogens is 382 g/mol. The van der Waals surface area contributed by atoms with Crippen molar-refractivity contribution < 1.29 is 23.8 Å². The van der Waals surface area contributed by atoms with E-state index in [1.165, 1.54) is 7.11 Å². The van der Waals surface area contributed by atoms with Crippen LogP contribution < -0.4 is 4.74 Å². The Bertz CT molecular complexity index is 920. The molecule has 158 valence electrons. The molecule has 30 heavy (non-hydrogen) atoms. The van der Waals surface area contributed by atoms with Crippen molar-refractivity contribution in [3.63, 3.8) is 0 Å². The van der Waals surface area contributed by atoms with E-state index in [0.29, 0.717) is 50.5 Å². The molecule has 1 atom stereocenters. The molecule has 2 heterocycles. The van der Waals surface area contributed by atoms with Crippen LogP contribution in [0.3, 0.4) is 0 Å². The smallest absolute Gasteiger partial charge is 0.337 e. The molecule has 1 saturated heterocycles. The number of fused-ring (bicyclic) bond motifs is 1. The molecule has 2 aliphatic rings. The number of nitrogens with zero attached hydrogens (tertiary/aromatic N) is 1. The summed E-state index contributed by atoms with van der Waals surface area (Å²) >= 11 is 0. The average Bonchev–Trinajstić information content (AvgIpc) is 2.98. The highest BCUT2D eigenvalue weighted by atomic mass is 16.5. The van der Waals surface area contributed by atoms with E-state index in [1.54, 1.807) is 12.1 Å². The molecule has 0 saturated carbocycles. The number of ether oxygens (including phenoxy) is 3. The molecule has 0 spiro atoms. The number of esters is 1. The van der Waals surface area contributed by atoms with Gasteiger partial charge in [-0.1, -0.05) is 43.3 Å². The van der Waals surface area contributed by atoms with Gasteiger partial charge < -0.3 is 19.1 Å². The summed E-state index contributed by atoms with van der Waals surface area (Å²) in [5, 5.41) is 0. The van der Waals surface area contributed by atoms with Gasteiger partial charge in [0.05, 0.1) is 30.7 Å². The summed E-state index contributed by atoms with van der Waals surface area (Å²) < 4.78 is 16.5. The van der Waals surface area contributed by atoms with Crippen LogP contribution in [0, 0.1) is 5.41 Å². The zero-order chi connectivity index (χ0) is 21.1. The normalized spacial score (nSPS) is 20.5. The van der Waals surface area contributed by atoms with Crippen molar-refractivity contribution in [2.45, 2.75) is 32.4 Å². The molecule has 0 radical (unpaired) electrons. The predicted octanol–water partition coefficient (Wildman–Crippen LogP) is 3.75. The molecule has 2 aromatic carbocycles. The fraction of sp³-hybridized carbons (Fsp3) is 0.417. The number of amides is 1. The first-order valence-electron chi connectivity index (χ1n) is 10.3. The van der Waals surface area contributed by atoms with Crippen LogP contribution >= 0.6 is 0 Å². The third kappa shape index (κ3) is 3.92. The van der Waals surface area contributed by atoms with Gasteiger partial charge in [-0.25, -0.2) is 4.79 Å². The zero-order valence-electron chi connectivity index (χ0n) is 17.4. The Morgan fingerprint density at radius 1 is 1.10 bits per heavy atom. The van der Waals surface area contributed by atoms with Crippen LogP contribution in [-0.2, 0) is 20.8 Å². The molecule has 0 aromatic heterocycles.